The van der Waals surface area contributed by atoms with Gasteiger partial charge in [0.15, 0.2) is 11.5 Å². The molecule has 0 atom stereocenters. The zero-order valence-corrected chi connectivity index (χ0v) is 16.0. The summed E-state index contributed by atoms with van der Waals surface area (Å²) in [5.74, 6) is 1.72. The first-order chi connectivity index (χ1) is 13.8. The lowest BCUT2D eigenvalue weighted by Crippen LogP contribution is -2.48. The SMILES string of the molecule is O=C(c1ccc(N2CCCC2)cc1)N1CCN(c2ccc3c(c2)OCO3)CC1. The normalized spacial score (nSPS) is 18.6. The van der Waals surface area contributed by atoms with Crippen LogP contribution in [0, 0.1) is 0 Å². The Kier molecular flexibility index (Phi) is 4.47. The fraction of sp³-hybridized carbons (Fsp3) is 0.409. The van der Waals surface area contributed by atoms with Gasteiger partial charge in [0, 0.05) is 62.3 Å². The Bertz CT molecular complexity index is 854. The summed E-state index contributed by atoms with van der Waals surface area (Å²) in [4.78, 5) is 19.5. The molecule has 2 fully saturated rings. The number of hydrogen-bond donors (Lipinski definition) is 0. The summed E-state index contributed by atoms with van der Waals surface area (Å²) >= 11 is 0. The van der Waals surface area contributed by atoms with E-state index in [-0.39, 0.29) is 12.7 Å². The molecule has 0 radical (unpaired) electrons. The van der Waals surface area contributed by atoms with Gasteiger partial charge in [0.1, 0.15) is 0 Å². The highest BCUT2D eigenvalue weighted by Crippen LogP contribution is 2.35. The first-order valence-electron chi connectivity index (χ1n) is 10.1. The second-order valence-corrected chi connectivity index (χ2v) is 7.56. The molecule has 0 bridgehead atoms. The maximum absolute atomic E-state index is 12.9. The molecule has 0 N–H and O–H groups in total. The number of carbonyl (C=O) groups excluding carboxylic acids is 1. The third-order valence-electron chi connectivity index (χ3n) is 5.87. The van der Waals surface area contributed by atoms with E-state index in [1.54, 1.807) is 0 Å². The van der Waals surface area contributed by atoms with E-state index in [1.807, 2.05) is 29.2 Å². The smallest absolute Gasteiger partial charge is 0.253 e. The summed E-state index contributed by atoms with van der Waals surface area (Å²) < 4.78 is 10.9. The molecular formula is C22H25N3O3. The number of nitrogens with zero attached hydrogens (tertiary/aromatic N) is 3. The standard InChI is InChI=1S/C22H25N3O3/c26-22(17-3-5-18(6-4-17)23-9-1-2-10-23)25-13-11-24(12-14-25)19-7-8-20-21(15-19)28-16-27-20/h3-8,15H,1-2,9-14,16H2. The van der Waals surface area contributed by atoms with Crippen molar-refractivity contribution >= 4 is 17.3 Å². The van der Waals surface area contributed by atoms with Crippen LogP contribution in [0.3, 0.4) is 0 Å². The molecule has 2 saturated heterocycles. The van der Waals surface area contributed by atoms with Crippen molar-refractivity contribution in [1.29, 1.82) is 0 Å². The molecule has 5 rings (SSSR count). The van der Waals surface area contributed by atoms with Crippen LogP contribution >= 0.6 is 0 Å². The number of benzene rings is 2. The Balaban J connectivity index is 1.21. The maximum atomic E-state index is 12.9. The van der Waals surface area contributed by atoms with E-state index in [9.17, 15) is 4.79 Å². The second kappa shape index (κ2) is 7.26. The van der Waals surface area contributed by atoms with Gasteiger partial charge in [-0.1, -0.05) is 0 Å². The molecule has 2 aromatic rings. The minimum absolute atomic E-state index is 0.123. The number of anilines is 2. The average Bonchev–Trinajstić information content (AvgIpc) is 3.45. The molecule has 3 heterocycles. The molecule has 6 nitrogen and oxygen atoms in total. The number of ether oxygens (including phenoxy) is 2. The Morgan fingerprint density at radius 3 is 2.11 bits per heavy atom. The number of amides is 1. The lowest BCUT2D eigenvalue weighted by Gasteiger charge is -2.36. The zero-order valence-electron chi connectivity index (χ0n) is 16.0. The number of carbonyl (C=O) groups is 1. The van der Waals surface area contributed by atoms with Crippen molar-refractivity contribution in [3.8, 4) is 11.5 Å². The molecule has 0 aliphatic carbocycles. The number of fused-ring (bicyclic) bond motifs is 1. The van der Waals surface area contributed by atoms with Crippen molar-refractivity contribution < 1.29 is 14.3 Å². The third kappa shape index (κ3) is 3.23. The van der Waals surface area contributed by atoms with Crippen LogP contribution in [0.2, 0.25) is 0 Å². The van der Waals surface area contributed by atoms with Gasteiger partial charge in [-0.05, 0) is 49.2 Å². The average molecular weight is 379 g/mol. The predicted molar refractivity (Wildman–Crippen MR) is 109 cm³/mol. The monoisotopic (exact) mass is 379 g/mol. The van der Waals surface area contributed by atoms with E-state index in [2.05, 4.69) is 28.0 Å². The first kappa shape index (κ1) is 17.2. The fourth-order valence-corrected chi connectivity index (χ4v) is 4.22. The Morgan fingerprint density at radius 1 is 0.714 bits per heavy atom. The van der Waals surface area contributed by atoms with Crippen molar-refractivity contribution in [3.63, 3.8) is 0 Å². The third-order valence-corrected chi connectivity index (χ3v) is 5.87. The largest absolute Gasteiger partial charge is 0.454 e. The van der Waals surface area contributed by atoms with Crippen LogP contribution in [0.1, 0.15) is 23.2 Å². The highest BCUT2D eigenvalue weighted by molar-refractivity contribution is 5.94. The van der Waals surface area contributed by atoms with Gasteiger partial charge < -0.3 is 24.2 Å². The van der Waals surface area contributed by atoms with Crippen LogP contribution < -0.4 is 19.3 Å². The van der Waals surface area contributed by atoms with Crippen molar-refractivity contribution in [2.24, 2.45) is 0 Å². The molecule has 3 aliphatic heterocycles. The van der Waals surface area contributed by atoms with Crippen molar-refractivity contribution in [3.05, 3.63) is 48.0 Å². The number of rotatable bonds is 3. The molecule has 0 spiro atoms. The molecule has 1 amide bonds. The van der Waals surface area contributed by atoms with Gasteiger partial charge in [0.05, 0.1) is 0 Å². The minimum Gasteiger partial charge on any atom is -0.454 e. The van der Waals surface area contributed by atoms with Gasteiger partial charge >= 0.3 is 0 Å². The van der Waals surface area contributed by atoms with Gasteiger partial charge in [0.2, 0.25) is 6.79 Å². The summed E-state index contributed by atoms with van der Waals surface area (Å²) in [6.45, 7) is 5.61. The Labute approximate surface area is 165 Å². The summed E-state index contributed by atoms with van der Waals surface area (Å²) in [7, 11) is 0. The molecule has 6 heteroatoms. The number of piperazine rings is 1. The molecule has 3 aliphatic rings. The van der Waals surface area contributed by atoms with Gasteiger partial charge in [-0.25, -0.2) is 0 Å². The van der Waals surface area contributed by atoms with Crippen molar-refractivity contribution in [2.75, 3.05) is 55.9 Å². The Morgan fingerprint density at radius 2 is 1.36 bits per heavy atom. The van der Waals surface area contributed by atoms with Gasteiger partial charge in [0.25, 0.3) is 5.91 Å². The quantitative estimate of drug-likeness (QED) is 0.820. The summed E-state index contributed by atoms with van der Waals surface area (Å²) in [6, 6.07) is 14.2. The van der Waals surface area contributed by atoms with E-state index >= 15 is 0 Å². The maximum Gasteiger partial charge on any atom is 0.253 e. The zero-order chi connectivity index (χ0) is 18.9. The van der Waals surface area contributed by atoms with Crippen LogP contribution in [-0.2, 0) is 0 Å². The van der Waals surface area contributed by atoms with E-state index in [0.29, 0.717) is 0 Å². The lowest BCUT2D eigenvalue weighted by molar-refractivity contribution is 0.0747. The van der Waals surface area contributed by atoms with Gasteiger partial charge in [-0.2, -0.15) is 0 Å². The first-order valence-corrected chi connectivity index (χ1v) is 10.1. The van der Waals surface area contributed by atoms with Crippen LogP contribution in [0.15, 0.2) is 42.5 Å². The van der Waals surface area contributed by atoms with Crippen LogP contribution in [0.5, 0.6) is 11.5 Å². The molecule has 2 aromatic carbocycles. The van der Waals surface area contributed by atoms with E-state index in [4.69, 9.17) is 9.47 Å². The summed E-state index contributed by atoms with van der Waals surface area (Å²) in [5, 5.41) is 0. The summed E-state index contributed by atoms with van der Waals surface area (Å²) in [6.07, 6.45) is 2.52. The number of hydrogen-bond acceptors (Lipinski definition) is 5. The van der Waals surface area contributed by atoms with Gasteiger partial charge in [-0.15, -0.1) is 0 Å². The van der Waals surface area contributed by atoms with Gasteiger partial charge in [-0.3, -0.25) is 4.79 Å². The molecule has 0 saturated carbocycles. The van der Waals surface area contributed by atoms with Crippen molar-refractivity contribution in [1.82, 2.24) is 4.90 Å². The van der Waals surface area contributed by atoms with Crippen LogP contribution in [0.4, 0.5) is 11.4 Å². The van der Waals surface area contributed by atoms with E-state index in [0.717, 1.165) is 62.0 Å². The van der Waals surface area contributed by atoms with E-state index < -0.39 is 0 Å². The highest BCUT2D eigenvalue weighted by Gasteiger charge is 2.24. The fourth-order valence-electron chi connectivity index (χ4n) is 4.22. The molecule has 0 aromatic heterocycles. The predicted octanol–water partition coefficient (Wildman–Crippen LogP) is 2.98. The molecular weight excluding hydrogens is 354 g/mol. The molecule has 0 unspecified atom stereocenters. The van der Waals surface area contributed by atoms with Crippen LogP contribution in [-0.4, -0.2) is 56.9 Å². The van der Waals surface area contributed by atoms with Crippen LogP contribution in [0.25, 0.3) is 0 Å². The molecule has 146 valence electrons. The Hall–Kier alpha value is -2.89. The topological polar surface area (TPSA) is 45.3 Å². The van der Waals surface area contributed by atoms with Crippen molar-refractivity contribution in [2.45, 2.75) is 12.8 Å². The highest BCUT2D eigenvalue weighted by atomic mass is 16.7. The second-order valence-electron chi connectivity index (χ2n) is 7.56. The molecule has 28 heavy (non-hydrogen) atoms. The minimum atomic E-state index is 0.123. The van der Waals surface area contributed by atoms with E-state index in [1.165, 1.54) is 18.5 Å². The summed E-state index contributed by atoms with van der Waals surface area (Å²) in [5.41, 5.74) is 3.12. The lowest BCUT2D eigenvalue weighted by atomic mass is 10.1.